The third-order valence-electron chi connectivity index (χ3n) is 6.42. The summed E-state index contributed by atoms with van der Waals surface area (Å²) in [4.78, 5) is 27.0. The maximum Gasteiger partial charge on any atom is 0.340 e. The van der Waals surface area contributed by atoms with Crippen LogP contribution in [-0.2, 0) is 26.1 Å². The summed E-state index contributed by atoms with van der Waals surface area (Å²) in [5.74, 6) is -1.53. The minimum atomic E-state index is -4.34. The molecule has 1 atom stereocenters. The molecule has 1 aliphatic rings. The molecule has 0 N–H and O–H groups in total. The quantitative estimate of drug-likeness (QED) is 0.164. The minimum absolute atomic E-state index is 0.0417. The Morgan fingerprint density at radius 2 is 1.82 bits per heavy atom. The van der Waals surface area contributed by atoms with Gasteiger partial charge in [-0.2, -0.15) is 8.42 Å². The van der Waals surface area contributed by atoms with Crippen LogP contribution in [-0.4, -0.2) is 51.1 Å². The lowest BCUT2D eigenvalue weighted by molar-refractivity contribution is 0.0493. The zero-order valence-electron chi connectivity index (χ0n) is 22.3. The fraction of sp³-hybridized carbons (Fsp3) is 0.333. The fourth-order valence-corrected chi connectivity index (χ4v) is 5.46. The Morgan fingerprint density at radius 1 is 1.05 bits per heavy atom. The highest BCUT2D eigenvalue weighted by molar-refractivity contribution is 7.87. The molecule has 8 nitrogen and oxygen atoms in total. The van der Waals surface area contributed by atoms with Gasteiger partial charge in [0.25, 0.3) is 5.91 Å². The van der Waals surface area contributed by atoms with Crippen LogP contribution in [0, 0.1) is 5.82 Å². The molecule has 0 aliphatic carbocycles. The lowest BCUT2D eigenvalue weighted by Crippen LogP contribution is -2.37. The van der Waals surface area contributed by atoms with Crippen LogP contribution in [0.25, 0.3) is 0 Å². The molecular weight excluding hydrogens is 537 g/mol. The van der Waals surface area contributed by atoms with Gasteiger partial charge in [0.05, 0.1) is 18.3 Å². The zero-order valence-corrected chi connectivity index (χ0v) is 23.1. The molecule has 1 saturated heterocycles. The topological polar surface area (TPSA) is 99.2 Å². The van der Waals surface area contributed by atoms with Crippen molar-refractivity contribution in [2.24, 2.45) is 0 Å². The molecule has 3 aromatic carbocycles. The van der Waals surface area contributed by atoms with Crippen LogP contribution in [0.4, 0.5) is 4.39 Å². The normalized spacial score (nSPS) is 15.0. The lowest BCUT2D eigenvalue weighted by atomic mass is 10.1. The SMILES string of the molecule is CCCCOC(=O)c1ccccc1S(=O)(=O)Oc1ccc(CN(C[C@@H]2CCCO2)C(=O)c2cccc(F)c2)cc1. The van der Waals surface area contributed by atoms with Crippen LogP contribution >= 0.6 is 0 Å². The number of carbonyl (C=O) groups is 2. The number of nitrogens with zero attached hydrogens (tertiary/aromatic N) is 1. The van der Waals surface area contributed by atoms with Crippen molar-refractivity contribution in [2.75, 3.05) is 19.8 Å². The highest BCUT2D eigenvalue weighted by atomic mass is 32.2. The maximum atomic E-state index is 13.8. The molecule has 0 bridgehead atoms. The first-order chi connectivity index (χ1) is 19.3. The van der Waals surface area contributed by atoms with E-state index < -0.39 is 21.9 Å². The number of halogens is 1. The molecule has 1 heterocycles. The Balaban J connectivity index is 1.48. The van der Waals surface area contributed by atoms with Gasteiger partial charge in [-0.1, -0.05) is 43.7 Å². The molecule has 212 valence electrons. The molecule has 1 aliphatic heterocycles. The second-order valence-corrected chi connectivity index (χ2v) is 11.0. The first-order valence-electron chi connectivity index (χ1n) is 13.2. The Kier molecular flexibility index (Phi) is 9.89. The summed E-state index contributed by atoms with van der Waals surface area (Å²) in [5.41, 5.74) is 0.846. The van der Waals surface area contributed by atoms with Crippen LogP contribution in [0.1, 0.15) is 58.9 Å². The van der Waals surface area contributed by atoms with E-state index in [1.807, 2.05) is 6.92 Å². The Bertz CT molecular complexity index is 1420. The van der Waals surface area contributed by atoms with Crippen LogP contribution < -0.4 is 4.18 Å². The van der Waals surface area contributed by atoms with Gasteiger partial charge < -0.3 is 18.6 Å². The second-order valence-electron chi connectivity index (χ2n) is 9.50. The molecule has 4 rings (SSSR count). The third-order valence-corrected chi connectivity index (χ3v) is 7.72. The van der Waals surface area contributed by atoms with E-state index in [9.17, 15) is 22.4 Å². The van der Waals surface area contributed by atoms with Gasteiger partial charge in [-0.3, -0.25) is 4.79 Å². The van der Waals surface area contributed by atoms with E-state index in [1.54, 1.807) is 29.2 Å². The van der Waals surface area contributed by atoms with Gasteiger partial charge in [-0.25, -0.2) is 9.18 Å². The third kappa shape index (κ3) is 7.67. The molecule has 0 radical (unpaired) electrons. The van der Waals surface area contributed by atoms with Crippen LogP contribution in [0.15, 0.2) is 77.7 Å². The van der Waals surface area contributed by atoms with E-state index in [1.165, 1.54) is 48.5 Å². The van der Waals surface area contributed by atoms with E-state index >= 15 is 0 Å². The van der Waals surface area contributed by atoms with Crippen LogP contribution in [0.5, 0.6) is 5.75 Å². The van der Waals surface area contributed by atoms with Crippen LogP contribution in [0.3, 0.4) is 0 Å². The average molecular weight is 570 g/mol. The van der Waals surface area contributed by atoms with E-state index in [0.29, 0.717) is 25.1 Å². The average Bonchev–Trinajstić information content (AvgIpc) is 3.46. The maximum absolute atomic E-state index is 13.8. The molecule has 3 aromatic rings. The number of esters is 1. The second kappa shape index (κ2) is 13.5. The summed E-state index contributed by atoms with van der Waals surface area (Å²) in [6.07, 6.45) is 3.12. The Hall–Kier alpha value is -3.76. The van der Waals surface area contributed by atoms with Gasteiger partial charge in [-0.15, -0.1) is 0 Å². The summed E-state index contributed by atoms with van der Waals surface area (Å²) in [7, 11) is -4.34. The number of benzene rings is 3. The summed E-state index contributed by atoms with van der Waals surface area (Å²) in [6, 6.07) is 17.5. The van der Waals surface area contributed by atoms with Crippen LogP contribution in [0.2, 0.25) is 0 Å². The lowest BCUT2D eigenvalue weighted by Gasteiger charge is -2.26. The first-order valence-corrected chi connectivity index (χ1v) is 14.6. The van der Waals surface area contributed by atoms with Crippen molar-refractivity contribution in [2.45, 2.75) is 50.2 Å². The van der Waals surface area contributed by atoms with Crippen molar-refractivity contribution in [3.05, 3.63) is 95.3 Å². The summed E-state index contributed by atoms with van der Waals surface area (Å²) >= 11 is 0. The molecule has 1 fully saturated rings. The van der Waals surface area contributed by atoms with Gasteiger partial charge in [-0.05, 0) is 67.3 Å². The summed E-state index contributed by atoms with van der Waals surface area (Å²) in [6.45, 7) is 3.32. The standard InChI is InChI=1S/C30H32FNO7S/c1-2-3-17-38-30(34)27-11-4-5-12-28(27)40(35,36)39-25-15-13-22(14-16-25)20-32(21-26-10-7-18-37-26)29(33)23-8-6-9-24(31)19-23/h4-6,8-9,11-16,19,26H,2-3,7,10,17-18,20-21H2,1H3/t26-/m0/s1. The van der Waals surface area contributed by atoms with Crippen molar-refractivity contribution >= 4 is 22.0 Å². The van der Waals surface area contributed by atoms with E-state index in [-0.39, 0.29) is 46.9 Å². The highest BCUT2D eigenvalue weighted by Crippen LogP contribution is 2.24. The van der Waals surface area contributed by atoms with E-state index in [4.69, 9.17) is 13.7 Å². The van der Waals surface area contributed by atoms with Crippen molar-refractivity contribution in [1.29, 1.82) is 0 Å². The number of amides is 1. The Morgan fingerprint density at radius 3 is 2.52 bits per heavy atom. The van der Waals surface area contributed by atoms with E-state index in [2.05, 4.69) is 0 Å². The van der Waals surface area contributed by atoms with Crippen molar-refractivity contribution in [3.63, 3.8) is 0 Å². The molecule has 0 aromatic heterocycles. The molecule has 10 heteroatoms. The summed E-state index contributed by atoms with van der Waals surface area (Å²) < 4.78 is 56.1. The number of unbranched alkanes of at least 4 members (excludes halogenated alkanes) is 1. The first kappa shape index (κ1) is 29.2. The molecule has 40 heavy (non-hydrogen) atoms. The van der Waals surface area contributed by atoms with Gasteiger partial charge in [0, 0.05) is 25.3 Å². The Labute approximate surface area is 233 Å². The number of ether oxygens (including phenoxy) is 2. The van der Waals surface area contributed by atoms with Gasteiger partial charge in [0.2, 0.25) is 0 Å². The molecule has 1 amide bonds. The monoisotopic (exact) mass is 569 g/mol. The van der Waals surface area contributed by atoms with Gasteiger partial charge >= 0.3 is 16.1 Å². The molecule has 0 saturated carbocycles. The van der Waals surface area contributed by atoms with Crippen molar-refractivity contribution < 1.29 is 36.1 Å². The van der Waals surface area contributed by atoms with Crippen molar-refractivity contribution in [3.8, 4) is 5.75 Å². The molecular formula is C30H32FNO7S. The smallest absolute Gasteiger partial charge is 0.340 e. The van der Waals surface area contributed by atoms with Gasteiger partial charge in [0.1, 0.15) is 16.5 Å². The summed E-state index contributed by atoms with van der Waals surface area (Å²) in [5, 5.41) is 0. The molecule has 0 unspecified atom stereocenters. The largest absolute Gasteiger partial charge is 0.462 e. The number of hydrogen-bond donors (Lipinski definition) is 0. The van der Waals surface area contributed by atoms with Crippen molar-refractivity contribution in [1.82, 2.24) is 4.90 Å². The fourth-order valence-electron chi connectivity index (χ4n) is 4.34. The predicted molar refractivity (Wildman–Crippen MR) is 146 cm³/mol. The molecule has 0 spiro atoms. The number of rotatable bonds is 12. The van der Waals surface area contributed by atoms with Gasteiger partial charge in [0.15, 0.2) is 0 Å². The predicted octanol–water partition coefficient (Wildman–Crippen LogP) is 5.37. The minimum Gasteiger partial charge on any atom is -0.462 e. The number of hydrogen-bond acceptors (Lipinski definition) is 7. The number of carbonyl (C=O) groups excluding carboxylic acids is 2. The highest BCUT2D eigenvalue weighted by Gasteiger charge is 2.26. The van der Waals surface area contributed by atoms with E-state index in [0.717, 1.165) is 19.3 Å². The zero-order chi connectivity index (χ0) is 28.5.